The Bertz CT molecular complexity index is 995. The van der Waals surface area contributed by atoms with E-state index in [4.69, 9.17) is 4.74 Å². The predicted molar refractivity (Wildman–Crippen MR) is 111 cm³/mol. The van der Waals surface area contributed by atoms with E-state index in [2.05, 4.69) is 6.58 Å². The summed E-state index contributed by atoms with van der Waals surface area (Å²) < 4.78 is 4.97. The number of rotatable bonds is 6. The number of carbonyl (C=O) groups excluding carboxylic acids is 4. The van der Waals surface area contributed by atoms with Crippen molar-refractivity contribution in [2.75, 3.05) is 11.4 Å². The van der Waals surface area contributed by atoms with Crippen molar-refractivity contribution in [3.05, 3.63) is 72.3 Å². The molecular formula is C23H22N2O5. The van der Waals surface area contributed by atoms with Crippen LogP contribution < -0.4 is 9.64 Å². The van der Waals surface area contributed by atoms with E-state index in [0.29, 0.717) is 17.0 Å². The molecule has 1 aliphatic heterocycles. The number of carbonyl (C=O) groups is 4. The molecule has 0 saturated carbocycles. The molecule has 3 amide bonds. The summed E-state index contributed by atoms with van der Waals surface area (Å²) in [5.41, 5.74) is 1.80. The molecule has 3 rings (SSSR count). The number of esters is 1. The van der Waals surface area contributed by atoms with Crippen molar-refractivity contribution in [1.29, 1.82) is 0 Å². The van der Waals surface area contributed by atoms with Crippen molar-refractivity contribution in [1.82, 2.24) is 4.90 Å². The molecule has 0 N–H and O–H groups in total. The van der Waals surface area contributed by atoms with Crippen LogP contribution in [0.2, 0.25) is 0 Å². The molecule has 1 atom stereocenters. The molecule has 1 fully saturated rings. The van der Waals surface area contributed by atoms with Crippen LogP contribution in [-0.4, -0.2) is 41.2 Å². The normalized spacial score (nSPS) is 15.8. The third kappa shape index (κ3) is 4.30. The lowest BCUT2D eigenvalue weighted by Crippen LogP contribution is -2.45. The Kier molecular flexibility index (Phi) is 6.11. The minimum Gasteiger partial charge on any atom is -0.427 e. The lowest BCUT2D eigenvalue weighted by Gasteiger charge is -2.26. The first-order valence-corrected chi connectivity index (χ1v) is 9.45. The largest absolute Gasteiger partial charge is 0.427 e. The van der Waals surface area contributed by atoms with E-state index in [-0.39, 0.29) is 18.9 Å². The molecule has 1 heterocycles. The highest BCUT2D eigenvalue weighted by Crippen LogP contribution is 2.28. The standard InChI is InChI=1S/C23H22N2O5/c1-4-13-24(22(28)17-7-5-15(2)6-8-17)20-14-21(27)25(23(20)29)18-9-11-19(12-10-18)30-16(3)26/h4-12,20H,1,13-14H2,2-3H3. The molecule has 0 radical (unpaired) electrons. The van der Waals surface area contributed by atoms with Crippen molar-refractivity contribution in [3.8, 4) is 5.75 Å². The van der Waals surface area contributed by atoms with E-state index in [1.54, 1.807) is 12.1 Å². The van der Waals surface area contributed by atoms with Crippen LogP contribution in [0.25, 0.3) is 0 Å². The summed E-state index contributed by atoms with van der Waals surface area (Å²) in [6.45, 7) is 7.01. The number of aryl methyl sites for hydroxylation is 1. The van der Waals surface area contributed by atoms with Crippen LogP contribution in [0, 0.1) is 6.92 Å². The van der Waals surface area contributed by atoms with Gasteiger partial charge >= 0.3 is 5.97 Å². The van der Waals surface area contributed by atoms with Crippen molar-refractivity contribution in [2.45, 2.75) is 26.3 Å². The summed E-state index contributed by atoms with van der Waals surface area (Å²) in [4.78, 5) is 52.2. The minimum atomic E-state index is -0.919. The molecule has 0 aromatic heterocycles. The number of ether oxygens (including phenoxy) is 1. The van der Waals surface area contributed by atoms with Gasteiger partial charge in [-0.15, -0.1) is 6.58 Å². The number of nitrogens with zero attached hydrogens (tertiary/aromatic N) is 2. The highest BCUT2D eigenvalue weighted by Gasteiger charge is 2.44. The van der Waals surface area contributed by atoms with Gasteiger partial charge in [0.1, 0.15) is 11.8 Å². The smallest absolute Gasteiger partial charge is 0.308 e. The fraction of sp³-hybridized carbons (Fsp3) is 0.217. The lowest BCUT2D eigenvalue weighted by atomic mass is 10.1. The average Bonchev–Trinajstić information content (AvgIpc) is 3.00. The number of hydrogen-bond donors (Lipinski definition) is 0. The van der Waals surface area contributed by atoms with E-state index in [0.717, 1.165) is 10.5 Å². The number of imide groups is 1. The first-order valence-electron chi connectivity index (χ1n) is 9.45. The van der Waals surface area contributed by atoms with Crippen molar-refractivity contribution in [2.24, 2.45) is 0 Å². The molecule has 1 saturated heterocycles. The van der Waals surface area contributed by atoms with Gasteiger partial charge in [0.15, 0.2) is 0 Å². The summed E-state index contributed by atoms with van der Waals surface area (Å²) >= 11 is 0. The second-order valence-electron chi connectivity index (χ2n) is 6.99. The second-order valence-corrected chi connectivity index (χ2v) is 6.99. The number of amides is 3. The number of hydrogen-bond acceptors (Lipinski definition) is 5. The van der Waals surface area contributed by atoms with Crippen LogP contribution in [0.1, 0.15) is 29.3 Å². The van der Waals surface area contributed by atoms with Gasteiger partial charge < -0.3 is 9.64 Å². The van der Waals surface area contributed by atoms with Crippen LogP contribution in [0.15, 0.2) is 61.2 Å². The molecule has 0 spiro atoms. The first-order chi connectivity index (χ1) is 14.3. The van der Waals surface area contributed by atoms with E-state index in [1.165, 1.54) is 42.2 Å². The Morgan fingerprint density at radius 1 is 1.13 bits per heavy atom. The maximum absolute atomic E-state index is 13.1. The first kappa shape index (κ1) is 21.0. The molecule has 154 valence electrons. The molecule has 2 aromatic carbocycles. The Labute approximate surface area is 174 Å². The predicted octanol–water partition coefficient (Wildman–Crippen LogP) is 2.88. The summed E-state index contributed by atoms with van der Waals surface area (Å²) in [5.74, 6) is -1.39. The maximum Gasteiger partial charge on any atom is 0.308 e. The maximum atomic E-state index is 13.1. The van der Waals surface area contributed by atoms with Gasteiger partial charge in [-0.1, -0.05) is 23.8 Å². The zero-order valence-corrected chi connectivity index (χ0v) is 16.8. The van der Waals surface area contributed by atoms with Gasteiger partial charge in [0.25, 0.3) is 11.8 Å². The molecule has 7 nitrogen and oxygen atoms in total. The quantitative estimate of drug-likeness (QED) is 0.319. The Hall–Kier alpha value is -3.74. The average molecular weight is 406 g/mol. The van der Waals surface area contributed by atoms with Crippen LogP contribution in [0.3, 0.4) is 0 Å². The summed E-state index contributed by atoms with van der Waals surface area (Å²) in [6, 6.07) is 12.2. The molecule has 1 unspecified atom stereocenters. The van der Waals surface area contributed by atoms with Crippen LogP contribution in [-0.2, 0) is 14.4 Å². The summed E-state index contributed by atoms with van der Waals surface area (Å²) in [7, 11) is 0. The SMILES string of the molecule is C=CCN(C(=O)c1ccc(C)cc1)C1CC(=O)N(c2ccc(OC(C)=O)cc2)C1=O. The Morgan fingerprint density at radius 3 is 2.33 bits per heavy atom. The van der Waals surface area contributed by atoms with Crippen LogP contribution in [0.5, 0.6) is 5.75 Å². The van der Waals surface area contributed by atoms with Gasteiger partial charge in [0.2, 0.25) is 5.91 Å². The highest BCUT2D eigenvalue weighted by molar-refractivity contribution is 6.23. The highest BCUT2D eigenvalue weighted by atomic mass is 16.5. The molecule has 0 bridgehead atoms. The fourth-order valence-corrected chi connectivity index (χ4v) is 3.31. The van der Waals surface area contributed by atoms with E-state index in [1.807, 2.05) is 19.1 Å². The van der Waals surface area contributed by atoms with Gasteiger partial charge in [-0.25, -0.2) is 4.90 Å². The third-order valence-corrected chi connectivity index (χ3v) is 4.74. The van der Waals surface area contributed by atoms with E-state index < -0.39 is 23.8 Å². The van der Waals surface area contributed by atoms with Crippen molar-refractivity contribution >= 4 is 29.4 Å². The number of benzene rings is 2. The van der Waals surface area contributed by atoms with Crippen LogP contribution in [0.4, 0.5) is 5.69 Å². The minimum absolute atomic E-state index is 0.115. The van der Waals surface area contributed by atoms with E-state index in [9.17, 15) is 19.2 Å². The molecule has 7 heteroatoms. The molecule has 1 aliphatic rings. The lowest BCUT2D eigenvalue weighted by molar-refractivity contribution is -0.132. The summed E-state index contributed by atoms with van der Waals surface area (Å²) in [6.07, 6.45) is 1.41. The van der Waals surface area contributed by atoms with Gasteiger partial charge in [0.05, 0.1) is 12.1 Å². The molecule has 30 heavy (non-hydrogen) atoms. The summed E-state index contributed by atoms with van der Waals surface area (Å²) in [5, 5.41) is 0. The zero-order valence-electron chi connectivity index (χ0n) is 16.8. The van der Waals surface area contributed by atoms with Gasteiger partial charge in [-0.05, 0) is 43.3 Å². The monoisotopic (exact) mass is 406 g/mol. The van der Waals surface area contributed by atoms with Gasteiger partial charge in [0, 0.05) is 19.0 Å². The van der Waals surface area contributed by atoms with Gasteiger partial charge in [-0.2, -0.15) is 0 Å². The Morgan fingerprint density at radius 2 is 1.77 bits per heavy atom. The second kappa shape index (κ2) is 8.73. The molecule has 2 aromatic rings. The topological polar surface area (TPSA) is 84.0 Å². The molecule has 0 aliphatic carbocycles. The van der Waals surface area contributed by atoms with Crippen LogP contribution >= 0.6 is 0 Å². The molecular weight excluding hydrogens is 384 g/mol. The third-order valence-electron chi connectivity index (χ3n) is 4.74. The number of anilines is 1. The fourth-order valence-electron chi connectivity index (χ4n) is 3.31. The van der Waals surface area contributed by atoms with E-state index >= 15 is 0 Å². The van der Waals surface area contributed by atoms with Gasteiger partial charge in [-0.3, -0.25) is 19.2 Å². The van der Waals surface area contributed by atoms with Crippen molar-refractivity contribution in [3.63, 3.8) is 0 Å². The van der Waals surface area contributed by atoms with Crippen molar-refractivity contribution < 1.29 is 23.9 Å². The Balaban J connectivity index is 1.85. The zero-order chi connectivity index (χ0) is 21.8.